The van der Waals surface area contributed by atoms with E-state index in [1.807, 2.05) is 17.0 Å². The molecule has 1 aliphatic carbocycles. The van der Waals surface area contributed by atoms with E-state index in [4.69, 9.17) is 10.5 Å². The number of benzene rings is 2. The molecule has 2 unspecified atom stereocenters. The zero-order chi connectivity index (χ0) is 16.4. The largest absolute Gasteiger partial charge is 0.383 e. The molecule has 1 amide bonds. The number of nitrogens with two attached hydrogens (primary N) is 1. The Labute approximate surface area is 137 Å². The highest BCUT2D eigenvalue weighted by atomic mass is 16.5. The van der Waals surface area contributed by atoms with Crippen molar-refractivity contribution in [1.82, 2.24) is 4.90 Å². The van der Waals surface area contributed by atoms with Crippen LogP contribution in [0.1, 0.15) is 31.4 Å². The quantitative estimate of drug-likeness (QED) is 0.892. The van der Waals surface area contributed by atoms with Gasteiger partial charge in [0.05, 0.1) is 12.6 Å². The summed E-state index contributed by atoms with van der Waals surface area (Å²) in [5.74, 6) is -0.0185. The monoisotopic (exact) mass is 312 g/mol. The van der Waals surface area contributed by atoms with E-state index in [1.165, 1.54) is 10.8 Å². The van der Waals surface area contributed by atoms with Gasteiger partial charge in [-0.1, -0.05) is 36.4 Å². The summed E-state index contributed by atoms with van der Waals surface area (Å²) in [6.07, 6.45) is 2.12. The predicted octanol–water partition coefficient (Wildman–Crippen LogP) is 2.87. The fourth-order valence-corrected chi connectivity index (χ4v) is 3.11. The molecule has 2 atom stereocenters. The van der Waals surface area contributed by atoms with Crippen LogP contribution < -0.4 is 5.73 Å². The Morgan fingerprint density at radius 2 is 1.96 bits per heavy atom. The Bertz CT molecular complexity index is 697. The van der Waals surface area contributed by atoms with Crippen molar-refractivity contribution in [2.75, 3.05) is 13.7 Å². The topological polar surface area (TPSA) is 55.6 Å². The van der Waals surface area contributed by atoms with Gasteiger partial charge in [-0.25, -0.2) is 0 Å². The van der Waals surface area contributed by atoms with Crippen molar-refractivity contribution < 1.29 is 9.53 Å². The lowest BCUT2D eigenvalue weighted by Crippen LogP contribution is -2.48. The first-order chi connectivity index (χ1) is 11.1. The fourth-order valence-electron chi connectivity index (χ4n) is 3.11. The van der Waals surface area contributed by atoms with Gasteiger partial charge in [0.2, 0.25) is 5.91 Å². The van der Waals surface area contributed by atoms with Gasteiger partial charge in [0.25, 0.3) is 0 Å². The lowest BCUT2D eigenvalue weighted by molar-refractivity contribution is -0.136. The van der Waals surface area contributed by atoms with Gasteiger partial charge < -0.3 is 15.4 Å². The predicted molar refractivity (Wildman–Crippen MR) is 92.1 cm³/mol. The molecule has 4 nitrogen and oxygen atoms in total. The minimum absolute atomic E-state index is 0.0162. The Morgan fingerprint density at radius 1 is 1.26 bits per heavy atom. The van der Waals surface area contributed by atoms with Crippen LogP contribution in [0, 0.1) is 0 Å². The summed E-state index contributed by atoms with van der Waals surface area (Å²) < 4.78 is 5.05. The summed E-state index contributed by atoms with van der Waals surface area (Å²) in [4.78, 5) is 14.7. The number of hydrogen-bond acceptors (Lipinski definition) is 3. The van der Waals surface area contributed by atoms with Gasteiger partial charge in [-0.3, -0.25) is 4.79 Å². The maximum atomic E-state index is 12.7. The van der Waals surface area contributed by atoms with Crippen molar-refractivity contribution in [1.29, 1.82) is 0 Å². The molecule has 3 rings (SSSR count). The summed E-state index contributed by atoms with van der Waals surface area (Å²) in [7, 11) is 1.57. The van der Waals surface area contributed by atoms with E-state index in [-0.39, 0.29) is 18.6 Å². The Hall–Kier alpha value is -1.91. The molecular formula is C19H24N2O2. The van der Waals surface area contributed by atoms with E-state index in [2.05, 4.69) is 37.3 Å². The third kappa shape index (κ3) is 3.38. The number of carbonyl (C=O) groups excluding carboxylic acids is 1. The van der Waals surface area contributed by atoms with Crippen molar-refractivity contribution in [3.05, 3.63) is 48.0 Å². The van der Waals surface area contributed by atoms with Crippen LogP contribution >= 0.6 is 0 Å². The van der Waals surface area contributed by atoms with Crippen molar-refractivity contribution in [2.45, 2.75) is 37.9 Å². The molecule has 0 aromatic heterocycles. The maximum absolute atomic E-state index is 12.7. The van der Waals surface area contributed by atoms with Crippen LogP contribution in [-0.2, 0) is 9.53 Å². The highest BCUT2D eigenvalue weighted by Crippen LogP contribution is 2.35. The zero-order valence-electron chi connectivity index (χ0n) is 13.7. The van der Waals surface area contributed by atoms with E-state index < -0.39 is 6.04 Å². The number of rotatable bonds is 6. The summed E-state index contributed by atoms with van der Waals surface area (Å²) in [6, 6.07) is 14.4. The molecule has 0 radical (unpaired) electrons. The average Bonchev–Trinajstić information content (AvgIpc) is 3.39. The Kier molecular flexibility index (Phi) is 4.64. The molecule has 0 aliphatic heterocycles. The minimum Gasteiger partial charge on any atom is -0.383 e. The summed E-state index contributed by atoms with van der Waals surface area (Å²) in [5.41, 5.74) is 7.13. The van der Waals surface area contributed by atoms with E-state index in [9.17, 15) is 4.79 Å². The number of ether oxygens (including phenoxy) is 1. The van der Waals surface area contributed by atoms with Gasteiger partial charge >= 0.3 is 0 Å². The fraction of sp³-hybridized carbons (Fsp3) is 0.421. The molecule has 0 spiro atoms. The number of nitrogens with zero attached hydrogens (tertiary/aromatic N) is 1. The van der Waals surface area contributed by atoms with Crippen LogP contribution in [-0.4, -0.2) is 36.6 Å². The third-order valence-electron chi connectivity index (χ3n) is 4.53. The smallest absolute Gasteiger partial charge is 0.242 e. The van der Waals surface area contributed by atoms with E-state index in [0.29, 0.717) is 6.04 Å². The average molecular weight is 312 g/mol. The van der Waals surface area contributed by atoms with Crippen LogP contribution in [0.4, 0.5) is 0 Å². The number of fused-ring (bicyclic) bond motifs is 1. The standard InChI is InChI=1S/C19H24N2O2/c1-13(15-8-7-14-5-3-4-6-16(14)11-15)21(17-9-10-17)19(22)18(20)12-23-2/h3-8,11,13,17-18H,9-10,12,20H2,1-2H3. The SMILES string of the molecule is COCC(N)C(=O)N(C1CC1)C(C)c1ccc2ccccc2c1. The second kappa shape index (κ2) is 6.69. The molecule has 0 bridgehead atoms. The molecule has 2 aromatic carbocycles. The summed E-state index contributed by atoms with van der Waals surface area (Å²) in [5, 5.41) is 2.41. The van der Waals surface area contributed by atoms with Crippen LogP contribution in [0.2, 0.25) is 0 Å². The summed E-state index contributed by atoms with van der Waals surface area (Å²) >= 11 is 0. The minimum atomic E-state index is -0.594. The number of amides is 1. The normalized spacial score (nSPS) is 17.0. The highest BCUT2D eigenvalue weighted by molar-refractivity contribution is 5.85. The molecule has 1 aliphatic rings. The highest BCUT2D eigenvalue weighted by Gasteiger charge is 2.38. The first-order valence-corrected chi connectivity index (χ1v) is 8.17. The maximum Gasteiger partial charge on any atom is 0.242 e. The number of carbonyl (C=O) groups is 1. The Balaban J connectivity index is 1.87. The van der Waals surface area contributed by atoms with Gasteiger partial charge in [-0.05, 0) is 42.2 Å². The van der Waals surface area contributed by atoms with Gasteiger partial charge in [-0.2, -0.15) is 0 Å². The van der Waals surface area contributed by atoms with Gasteiger partial charge in [-0.15, -0.1) is 0 Å². The van der Waals surface area contributed by atoms with Crippen molar-refractivity contribution in [3.8, 4) is 0 Å². The van der Waals surface area contributed by atoms with Crippen LogP contribution in [0.3, 0.4) is 0 Å². The van der Waals surface area contributed by atoms with E-state index in [1.54, 1.807) is 7.11 Å². The van der Waals surface area contributed by atoms with Crippen molar-refractivity contribution in [2.24, 2.45) is 5.73 Å². The molecule has 23 heavy (non-hydrogen) atoms. The van der Waals surface area contributed by atoms with Crippen LogP contribution in [0.25, 0.3) is 10.8 Å². The molecular weight excluding hydrogens is 288 g/mol. The molecule has 122 valence electrons. The molecule has 4 heteroatoms. The number of methoxy groups -OCH3 is 1. The van der Waals surface area contributed by atoms with Crippen molar-refractivity contribution in [3.63, 3.8) is 0 Å². The first kappa shape index (κ1) is 16.0. The van der Waals surface area contributed by atoms with Crippen LogP contribution in [0.5, 0.6) is 0 Å². The van der Waals surface area contributed by atoms with E-state index in [0.717, 1.165) is 18.4 Å². The molecule has 2 aromatic rings. The summed E-state index contributed by atoms with van der Waals surface area (Å²) in [6.45, 7) is 2.34. The molecule has 1 saturated carbocycles. The van der Waals surface area contributed by atoms with Crippen molar-refractivity contribution >= 4 is 16.7 Å². The van der Waals surface area contributed by atoms with Crippen LogP contribution in [0.15, 0.2) is 42.5 Å². The molecule has 1 fully saturated rings. The first-order valence-electron chi connectivity index (χ1n) is 8.17. The molecule has 0 heterocycles. The second-order valence-electron chi connectivity index (χ2n) is 6.32. The molecule has 2 N–H and O–H groups in total. The van der Waals surface area contributed by atoms with Gasteiger partial charge in [0, 0.05) is 13.2 Å². The zero-order valence-corrected chi connectivity index (χ0v) is 13.7. The lowest BCUT2D eigenvalue weighted by Gasteiger charge is -2.32. The second-order valence-corrected chi connectivity index (χ2v) is 6.32. The number of hydrogen-bond donors (Lipinski definition) is 1. The van der Waals surface area contributed by atoms with Gasteiger partial charge in [0.1, 0.15) is 6.04 Å². The van der Waals surface area contributed by atoms with Gasteiger partial charge in [0.15, 0.2) is 0 Å². The van der Waals surface area contributed by atoms with E-state index >= 15 is 0 Å². The third-order valence-corrected chi connectivity index (χ3v) is 4.53. The molecule has 0 saturated heterocycles. The Morgan fingerprint density at radius 3 is 2.61 bits per heavy atom. The lowest BCUT2D eigenvalue weighted by atomic mass is 10.0.